The lowest BCUT2D eigenvalue weighted by atomic mass is 10.2. The van der Waals surface area contributed by atoms with Crippen LogP contribution < -0.4 is 10.6 Å². The average molecular weight is 323 g/mol. The molecule has 0 atom stereocenters. The molecule has 0 unspecified atom stereocenters. The molecule has 1 aromatic carbocycles. The Balaban J connectivity index is 1.89. The quantitative estimate of drug-likeness (QED) is 0.876. The van der Waals surface area contributed by atoms with Gasteiger partial charge in [-0.3, -0.25) is 4.79 Å². The van der Waals surface area contributed by atoms with E-state index in [1.165, 1.54) is 0 Å². The summed E-state index contributed by atoms with van der Waals surface area (Å²) in [4.78, 5) is 13.8. The van der Waals surface area contributed by atoms with E-state index in [9.17, 15) is 4.79 Å². The van der Waals surface area contributed by atoms with Crippen LogP contribution in [0, 0.1) is 11.3 Å². The van der Waals surface area contributed by atoms with E-state index >= 15 is 0 Å². The zero-order valence-corrected chi connectivity index (χ0v) is 12.0. The number of nitriles is 1. The fraction of sp³-hybridized carbons (Fsp3) is 0.385. The molecule has 1 aromatic rings. The van der Waals surface area contributed by atoms with Crippen LogP contribution in [0.15, 0.2) is 22.7 Å². The third kappa shape index (κ3) is 3.69. The molecule has 0 radical (unpaired) electrons. The van der Waals surface area contributed by atoms with Gasteiger partial charge in [-0.25, -0.2) is 0 Å². The van der Waals surface area contributed by atoms with Crippen molar-refractivity contribution in [2.45, 2.75) is 0 Å². The second-order valence-corrected chi connectivity index (χ2v) is 5.15. The molecule has 1 saturated heterocycles. The van der Waals surface area contributed by atoms with E-state index in [-0.39, 0.29) is 12.5 Å². The van der Waals surface area contributed by atoms with E-state index in [4.69, 9.17) is 5.26 Å². The number of carbonyl (C=O) groups is 1. The smallest absolute Gasteiger partial charge is 0.241 e. The molecule has 5 nitrogen and oxygen atoms in total. The van der Waals surface area contributed by atoms with Gasteiger partial charge in [0.2, 0.25) is 5.91 Å². The number of anilines is 1. The van der Waals surface area contributed by atoms with Crippen LogP contribution >= 0.6 is 15.9 Å². The average Bonchev–Trinajstić information content (AvgIpc) is 2.46. The summed E-state index contributed by atoms with van der Waals surface area (Å²) in [6.45, 7) is 3.51. The van der Waals surface area contributed by atoms with Gasteiger partial charge in [-0.2, -0.15) is 5.26 Å². The second kappa shape index (κ2) is 6.55. The number of piperazine rings is 1. The number of rotatable bonds is 3. The highest BCUT2D eigenvalue weighted by molar-refractivity contribution is 9.10. The van der Waals surface area contributed by atoms with E-state index in [1.54, 1.807) is 12.1 Å². The number of halogens is 1. The summed E-state index contributed by atoms with van der Waals surface area (Å²) >= 11 is 3.32. The lowest BCUT2D eigenvalue weighted by Gasteiger charge is -2.27. The number of hydrogen-bond donors (Lipinski definition) is 2. The van der Waals surface area contributed by atoms with Crippen molar-refractivity contribution in [3.8, 4) is 6.07 Å². The second-order valence-electron chi connectivity index (χ2n) is 4.29. The Labute approximate surface area is 120 Å². The van der Waals surface area contributed by atoms with Crippen molar-refractivity contribution >= 4 is 27.5 Å². The van der Waals surface area contributed by atoms with Gasteiger partial charge in [-0.15, -0.1) is 0 Å². The van der Waals surface area contributed by atoms with Crippen LogP contribution in [0.5, 0.6) is 0 Å². The Morgan fingerprint density at radius 3 is 2.84 bits per heavy atom. The van der Waals surface area contributed by atoms with Crippen molar-refractivity contribution in [1.82, 2.24) is 10.2 Å². The zero-order valence-electron chi connectivity index (χ0n) is 10.4. The third-order valence-electron chi connectivity index (χ3n) is 3.00. The molecule has 100 valence electrons. The van der Waals surface area contributed by atoms with Gasteiger partial charge in [0.15, 0.2) is 0 Å². The monoisotopic (exact) mass is 322 g/mol. The summed E-state index contributed by atoms with van der Waals surface area (Å²) in [6, 6.07) is 7.42. The van der Waals surface area contributed by atoms with E-state index in [0.717, 1.165) is 36.3 Å². The van der Waals surface area contributed by atoms with Gasteiger partial charge in [-0.1, -0.05) is 0 Å². The molecule has 0 bridgehead atoms. The minimum absolute atomic E-state index is 0.0991. The summed E-state index contributed by atoms with van der Waals surface area (Å²) in [7, 11) is 0. The highest BCUT2D eigenvalue weighted by Crippen LogP contribution is 2.20. The molecule has 0 saturated carbocycles. The first-order valence-corrected chi connectivity index (χ1v) is 6.92. The molecule has 2 N–H and O–H groups in total. The molecule has 0 spiro atoms. The van der Waals surface area contributed by atoms with Crippen LogP contribution in [0.3, 0.4) is 0 Å². The Kier molecular flexibility index (Phi) is 4.77. The molecular weight excluding hydrogens is 308 g/mol. The first-order valence-electron chi connectivity index (χ1n) is 6.13. The van der Waals surface area contributed by atoms with Crippen molar-refractivity contribution in [3.63, 3.8) is 0 Å². The fourth-order valence-corrected chi connectivity index (χ4v) is 2.39. The normalized spacial score (nSPS) is 14.8. The van der Waals surface area contributed by atoms with Crippen molar-refractivity contribution in [2.75, 3.05) is 38.0 Å². The Hall–Kier alpha value is -1.58. The highest BCUT2D eigenvalue weighted by atomic mass is 79.9. The fourth-order valence-electron chi connectivity index (χ4n) is 1.92. The topological polar surface area (TPSA) is 68.2 Å². The van der Waals surface area contributed by atoms with Gasteiger partial charge < -0.3 is 15.5 Å². The predicted octanol–water partition coefficient (Wildman–Crippen LogP) is 1.16. The van der Waals surface area contributed by atoms with Gasteiger partial charge in [0.1, 0.15) is 6.07 Å². The summed E-state index contributed by atoms with van der Waals surface area (Å²) in [5, 5.41) is 15.1. The minimum atomic E-state index is 0.0991. The number of benzene rings is 1. The number of amides is 1. The maximum atomic E-state index is 12.0. The summed E-state index contributed by atoms with van der Waals surface area (Å²) in [5.41, 5.74) is 1.41. The van der Waals surface area contributed by atoms with Crippen molar-refractivity contribution in [3.05, 3.63) is 28.2 Å². The molecule has 0 aromatic heterocycles. The Morgan fingerprint density at radius 2 is 2.21 bits per heavy atom. The molecule has 19 heavy (non-hydrogen) atoms. The molecule has 1 aliphatic rings. The van der Waals surface area contributed by atoms with Crippen molar-refractivity contribution < 1.29 is 4.79 Å². The van der Waals surface area contributed by atoms with E-state index in [0.29, 0.717) is 5.56 Å². The molecule has 1 amide bonds. The minimum Gasteiger partial charge on any atom is -0.376 e. The van der Waals surface area contributed by atoms with E-state index in [1.807, 2.05) is 11.0 Å². The molecule has 1 fully saturated rings. The maximum absolute atomic E-state index is 12.0. The summed E-state index contributed by atoms with van der Waals surface area (Å²) in [6.07, 6.45) is 0. The number of nitrogens with zero attached hydrogens (tertiary/aromatic N) is 2. The molecule has 2 rings (SSSR count). The largest absolute Gasteiger partial charge is 0.376 e. The maximum Gasteiger partial charge on any atom is 0.241 e. The first kappa shape index (κ1) is 13.8. The van der Waals surface area contributed by atoms with Crippen LogP contribution in [-0.4, -0.2) is 43.5 Å². The summed E-state index contributed by atoms with van der Waals surface area (Å²) < 4.78 is 0.731. The predicted molar refractivity (Wildman–Crippen MR) is 76.8 cm³/mol. The number of hydrogen-bond acceptors (Lipinski definition) is 4. The molecule has 0 aliphatic carbocycles. The lowest BCUT2D eigenvalue weighted by molar-refractivity contribution is -0.129. The SMILES string of the molecule is N#Cc1ccc(NCC(=O)N2CCNCC2)cc1Br. The Bertz CT molecular complexity index is 506. The van der Waals surface area contributed by atoms with Crippen molar-refractivity contribution in [1.29, 1.82) is 5.26 Å². The van der Waals surface area contributed by atoms with E-state index < -0.39 is 0 Å². The standard InChI is InChI=1S/C13H15BrN4O/c14-12-7-11(2-1-10(12)8-15)17-9-13(19)18-5-3-16-4-6-18/h1-2,7,16-17H,3-6,9H2. The Morgan fingerprint density at radius 1 is 1.47 bits per heavy atom. The number of carbonyl (C=O) groups excluding carboxylic acids is 1. The van der Waals surface area contributed by atoms with Crippen LogP contribution in [0.2, 0.25) is 0 Å². The van der Waals surface area contributed by atoms with Gasteiger partial charge in [0.05, 0.1) is 12.1 Å². The highest BCUT2D eigenvalue weighted by Gasteiger charge is 2.15. The summed E-state index contributed by atoms with van der Waals surface area (Å²) in [5.74, 6) is 0.0991. The molecule has 1 aliphatic heterocycles. The van der Waals surface area contributed by atoms with Gasteiger partial charge in [-0.05, 0) is 34.1 Å². The van der Waals surface area contributed by atoms with Crippen LogP contribution in [0.1, 0.15) is 5.56 Å². The molecular formula is C13H15BrN4O. The molecule has 1 heterocycles. The van der Waals surface area contributed by atoms with Gasteiger partial charge in [0.25, 0.3) is 0 Å². The third-order valence-corrected chi connectivity index (χ3v) is 3.66. The van der Waals surface area contributed by atoms with Crippen LogP contribution in [0.4, 0.5) is 5.69 Å². The van der Waals surface area contributed by atoms with E-state index in [2.05, 4.69) is 32.6 Å². The number of nitrogens with one attached hydrogen (secondary N) is 2. The lowest BCUT2D eigenvalue weighted by Crippen LogP contribution is -2.48. The molecule has 6 heteroatoms. The van der Waals surface area contributed by atoms with Crippen LogP contribution in [0.25, 0.3) is 0 Å². The zero-order chi connectivity index (χ0) is 13.7. The first-order chi connectivity index (χ1) is 9.20. The van der Waals surface area contributed by atoms with Gasteiger partial charge in [0, 0.05) is 36.3 Å². The van der Waals surface area contributed by atoms with Gasteiger partial charge >= 0.3 is 0 Å². The van der Waals surface area contributed by atoms with Crippen molar-refractivity contribution in [2.24, 2.45) is 0 Å². The van der Waals surface area contributed by atoms with Crippen LogP contribution in [-0.2, 0) is 4.79 Å².